The summed E-state index contributed by atoms with van der Waals surface area (Å²) >= 11 is 0. The largest absolute Gasteiger partial charge is 0.334 e. The molecule has 4 nitrogen and oxygen atoms in total. The van der Waals surface area contributed by atoms with E-state index in [4.69, 9.17) is 0 Å². The van der Waals surface area contributed by atoms with Crippen LogP contribution in [0.15, 0.2) is 61.3 Å². The third kappa shape index (κ3) is 4.16. The first kappa shape index (κ1) is 16.1. The molecule has 0 unspecified atom stereocenters. The van der Waals surface area contributed by atoms with E-state index in [0.29, 0.717) is 12.8 Å². The van der Waals surface area contributed by atoms with E-state index in [1.807, 2.05) is 29.9 Å². The number of ketones is 1. The molecule has 0 aliphatic heterocycles. The van der Waals surface area contributed by atoms with Crippen molar-refractivity contribution in [3.63, 3.8) is 0 Å². The van der Waals surface area contributed by atoms with Crippen LogP contribution in [0.3, 0.4) is 0 Å². The van der Waals surface area contributed by atoms with E-state index in [2.05, 4.69) is 34.2 Å². The van der Waals surface area contributed by atoms with Crippen molar-refractivity contribution in [2.75, 3.05) is 0 Å². The predicted octanol–water partition coefficient (Wildman–Crippen LogP) is 3.62. The maximum atomic E-state index is 12.0. The predicted molar refractivity (Wildman–Crippen MR) is 94.5 cm³/mol. The minimum Gasteiger partial charge on any atom is -0.334 e. The van der Waals surface area contributed by atoms with Gasteiger partial charge in [-0.1, -0.05) is 30.3 Å². The number of aromatic nitrogens is 3. The molecule has 3 aromatic rings. The van der Waals surface area contributed by atoms with Gasteiger partial charge in [-0.2, -0.15) is 0 Å². The van der Waals surface area contributed by atoms with E-state index in [-0.39, 0.29) is 5.78 Å². The zero-order valence-corrected chi connectivity index (χ0v) is 13.9. The van der Waals surface area contributed by atoms with Crippen LogP contribution in [0.1, 0.15) is 24.0 Å². The summed E-state index contributed by atoms with van der Waals surface area (Å²) in [6.07, 6.45) is 10.0. The third-order valence-corrected chi connectivity index (χ3v) is 4.11. The molecule has 0 N–H and O–H groups in total. The second kappa shape index (κ2) is 7.68. The first-order chi connectivity index (χ1) is 11.7. The topological polar surface area (TPSA) is 47.8 Å². The smallest absolute Gasteiger partial charge is 0.137 e. The second-order valence-corrected chi connectivity index (χ2v) is 6.02. The van der Waals surface area contributed by atoms with E-state index in [9.17, 15) is 4.79 Å². The van der Waals surface area contributed by atoms with E-state index in [1.54, 1.807) is 18.7 Å². The summed E-state index contributed by atoms with van der Waals surface area (Å²) in [5, 5.41) is 0. The van der Waals surface area contributed by atoms with E-state index >= 15 is 0 Å². The van der Waals surface area contributed by atoms with Gasteiger partial charge in [-0.25, -0.2) is 4.98 Å². The van der Waals surface area contributed by atoms with Crippen LogP contribution in [0.25, 0.3) is 11.3 Å². The van der Waals surface area contributed by atoms with Gasteiger partial charge in [-0.05, 0) is 35.6 Å². The quantitative estimate of drug-likeness (QED) is 0.668. The van der Waals surface area contributed by atoms with Gasteiger partial charge < -0.3 is 4.57 Å². The number of nitrogens with zero attached hydrogens (tertiary/aromatic N) is 3. The molecular weight excluding hydrogens is 298 g/mol. The summed E-state index contributed by atoms with van der Waals surface area (Å²) in [5.74, 6) is 0.273. The summed E-state index contributed by atoms with van der Waals surface area (Å²) < 4.78 is 2.01. The Hall–Kier alpha value is -2.75. The van der Waals surface area contributed by atoms with Crippen molar-refractivity contribution in [1.82, 2.24) is 14.5 Å². The molecular formula is C20H21N3O. The number of hydrogen-bond acceptors (Lipinski definition) is 3. The first-order valence-corrected chi connectivity index (χ1v) is 8.18. The molecule has 0 saturated heterocycles. The van der Waals surface area contributed by atoms with Crippen LogP contribution in [0.5, 0.6) is 0 Å². The van der Waals surface area contributed by atoms with Crippen LogP contribution in [-0.4, -0.2) is 20.3 Å². The van der Waals surface area contributed by atoms with Gasteiger partial charge in [0.1, 0.15) is 5.78 Å². The Labute approximate surface area is 142 Å². The van der Waals surface area contributed by atoms with Crippen molar-refractivity contribution in [1.29, 1.82) is 0 Å². The number of hydrogen-bond donors (Lipinski definition) is 0. The molecule has 122 valence electrons. The minimum absolute atomic E-state index is 0.273. The van der Waals surface area contributed by atoms with Gasteiger partial charge >= 0.3 is 0 Å². The number of carbonyl (C=O) groups is 1. The minimum atomic E-state index is 0.273. The van der Waals surface area contributed by atoms with Gasteiger partial charge in [0.15, 0.2) is 0 Å². The lowest BCUT2D eigenvalue weighted by Crippen LogP contribution is -2.03. The van der Waals surface area contributed by atoms with Crippen molar-refractivity contribution < 1.29 is 4.79 Å². The van der Waals surface area contributed by atoms with Crippen molar-refractivity contribution in [2.24, 2.45) is 7.05 Å². The highest BCUT2D eigenvalue weighted by atomic mass is 16.1. The number of benzene rings is 1. The van der Waals surface area contributed by atoms with E-state index in [0.717, 1.165) is 29.7 Å². The standard InChI is InChI=1S/C20H21N3O/c1-23-15-22-14-20(23)18-9-7-16(8-10-18)4-2-6-19(24)12-17-5-3-11-21-13-17/h3,5,7-11,13-15H,2,4,6,12H2,1H3. The van der Waals surface area contributed by atoms with Crippen molar-refractivity contribution in [2.45, 2.75) is 25.7 Å². The number of imidazole rings is 1. The lowest BCUT2D eigenvalue weighted by molar-refractivity contribution is -0.118. The fourth-order valence-corrected chi connectivity index (χ4v) is 2.79. The summed E-state index contributed by atoms with van der Waals surface area (Å²) in [7, 11) is 1.99. The Morgan fingerprint density at radius 1 is 1.04 bits per heavy atom. The number of pyridine rings is 1. The fourth-order valence-electron chi connectivity index (χ4n) is 2.79. The third-order valence-electron chi connectivity index (χ3n) is 4.11. The van der Waals surface area contributed by atoms with Crippen molar-refractivity contribution in [3.8, 4) is 11.3 Å². The number of aryl methyl sites for hydroxylation is 2. The zero-order valence-electron chi connectivity index (χ0n) is 13.9. The Bertz CT molecular complexity index is 791. The molecule has 2 aromatic heterocycles. The summed E-state index contributed by atoms with van der Waals surface area (Å²) in [6, 6.07) is 12.3. The molecule has 0 fully saturated rings. The van der Waals surface area contributed by atoms with Gasteiger partial charge in [-0.3, -0.25) is 9.78 Å². The molecule has 3 rings (SSSR count). The number of carbonyl (C=O) groups excluding carboxylic acids is 1. The first-order valence-electron chi connectivity index (χ1n) is 8.18. The summed E-state index contributed by atoms with van der Waals surface area (Å²) in [4.78, 5) is 20.2. The Morgan fingerprint density at radius 3 is 2.54 bits per heavy atom. The summed E-state index contributed by atoms with van der Waals surface area (Å²) in [5.41, 5.74) is 4.51. The average molecular weight is 319 g/mol. The Morgan fingerprint density at radius 2 is 1.88 bits per heavy atom. The monoisotopic (exact) mass is 319 g/mol. The molecule has 4 heteroatoms. The maximum Gasteiger partial charge on any atom is 0.137 e. The van der Waals surface area contributed by atoms with Crippen LogP contribution >= 0.6 is 0 Å². The highest BCUT2D eigenvalue weighted by Gasteiger charge is 2.05. The molecule has 0 bridgehead atoms. The number of rotatable bonds is 7. The molecule has 24 heavy (non-hydrogen) atoms. The van der Waals surface area contributed by atoms with Gasteiger partial charge in [-0.15, -0.1) is 0 Å². The van der Waals surface area contributed by atoms with Gasteiger partial charge in [0.25, 0.3) is 0 Å². The van der Waals surface area contributed by atoms with Gasteiger partial charge in [0.05, 0.1) is 18.2 Å². The van der Waals surface area contributed by atoms with Crippen LogP contribution in [0.4, 0.5) is 0 Å². The summed E-state index contributed by atoms with van der Waals surface area (Å²) in [6.45, 7) is 0. The molecule has 0 saturated carbocycles. The van der Waals surface area contributed by atoms with Gasteiger partial charge in [0.2, 0.25) is 0 Å². The van der Waals surface area contributed by atoms with Gasteiger partial charge in [0, 0.05) is 32.3 Å². The Kier molecular flexibility index (Phi) is 5.16. The second-order valence-electron chi connectivity index (χ2n) is 6.02. The molecule has 2 heterocycles. The maximum absolute atomic E-state index is 12.0. The normalized spacial score (nSPS) is 10.7. The van der Waals surface area contributed by atoms with Crippen LogP contribution in [0, 0.1) is 0 Å². The van der Waals surface area contributed by atoms with Crippen molar-refractivity contribution >= 4 is 5.78 Å². The van der Waals surface area contributed by atoms with Crippen LogP contribution < -0.4 is 0 Å². The highest BCUT2D eigenvalue weighted by molar-refractivity contribution is 5.80. The molecule has 1 aromatic carbocycles. The SMILES string of the molecule is Cn1cncc1-c1ccc(CCCC(=O)Cc2cccnc2)cc1. The lowest BCUT2D eigenvalue weighted by atomic mass is 10.0. The lowest BCUT2D eigenvalue weighted by Gasteiger charge is -2.05. The van der Waals surface area contributed by atoms with Crippen LogP contribution in [-0.2, 0) is 24.7 Å². The molecule has 0 atom stereocenters. The molecule has 0 amide bonds. The molecule has 0 aliphatic rings. The number of Topliss-reactive ketones (excluding diaryl/α,β-unsaturated/α-hetero) is 1. The zero-order chi connectivity index (χ0) is 16.8. The highest BCUT2D eigenvalue weighted by Crippen LogP contribution is 2.19. The molecule has 0 aliphatic carbocycles. The molecule has 0 radical (unpaired) electrons. The van der Waals surface area contributed by atoms with Crippen molar-refractivity contribution in [3.05, 3.63) is 72.4 Å². The molecule has 0 spiro atoms. The average Bonchev–Trinajstić information content (AvgIpc) is 3.02. The fraction of sp³-hybridized carbons (Fsp3) is 0.250. The van der Waals surface area contributed by atoms with Crippen LogP contribution in [0.2, 0.25) is 0 Å². The van der Waals surface area contributed by atoms with E-state index < -0.39 is 0 Å². The van der Waals surface area contributed by atoms with E-state index in [1.165, 1.54) is 5.56 Å². The Balaban J connectivity index is 1.48.